The van der Waals surface area contributed by atoms with Crippen LogP contribution in [0.4, 0.5) is 5.69 Å². The number of nitrogens with zero attached hydrogens (tertiary/aromatic N) is 1. The summed E-state index contributed by atoms with van der Waals surface area (Å²) in [4.78, 5) is 26.6. The first-order valence-corrected chi connectivity index (χ1v) is 11.4. The van der Waals surface area contributed by atoms with E-state index in [4.69, 9.17) is 4.74 Å². The Morgan fingerprint density at radius 3 is 2.61 bits per heavy atom. The number of rotatable bonds is 12. The minimum Gasteiger partial charge on any atom is -0.478 e. The first-order valence-electron chi connectivity index (χ1n) is 10.4. The van der Waals surface area contributed by atoms with Crippen molar-refractivity contribution in [1.82, 2.24) is 0 Å². The fourth-order valence-corrected chi connectivity index (χ4v) is 4.30. The number of aromatic carboxylic acids is 1. The van der Waals surface area contributed by atoms with Gasteiger partial charge in [-0.25, -0.2) is 4.79 Å². The van der Waals surface area contributed by atoms with Crippen LogP contribution in [0.2, 0.25) is 0 Å². The molecule has 0 saturated carbocycles. The molecular weight excluding hydrogens is 374 g/mol. The Morgan fingerprint density at radius 1 is 1.21 bits per heavy atom. The number of esters is 1. The molecule has 5 nitrogen and oxygen atoms in total. The number of carboxylic acid groups (broad SMARTS) is 1. The summed E-state index contributed by atoms with van der Waals surface area (Å²) in [5.41, 5.74) is 1.26. The largest absolute Gasteiger partial charge is 0.478 e. The number of carbonyl (C=O) groups is 2. The van der Waals surface area contributed by atoms with Crippen LogP contribution in [0.3, 0.4) is 0 Å². The van der Waals surface area contributed by atoms with Gasteiger partial charge in [-0.1, -0.05) is 33.1 Å². The fourth-order valence-electron chi connectivity index (χ4n) is 3.38. The molecule has 1 atom stereocenters. The van der Waals surface area contributed by atoms with Crippen molar-refractivity contribution in [2.45, 2.75) is 63.7 Å². The van der Waals surface area contributed by atoms with Crippen molar-refractivity contribution in [3.8, 4) is 0 Å². The lowest BCUT2D eigenvalue weighted by atomic mass is 10.0. The number of unbranched alkanes of at least 4 members (excludes halogenated alkanes) is 1. The van der Waals surface area contributed by atoms with E-state index in [-0.39, 0.29) is 5.97 Å². The summed E-state index contributed by atoms with van der Waals surface area (Å²) in [6, 6.07) is 5.47. The lowest BCUT2D eigenvalue weighted by Gasteiger charge is -2.19. The Bertz CT molecular complexity index is 643. The third-order valence-corrected chi connectivity index (χ3v) is 6.18. The van der Waals surface area contributed by atoms with E-state index in [0.29, 0.717) is 30.3 Å². The van der Waals surface area contributed by atoms with E-state index in [1.807, 2.05) is 6.07 Å². The van der Waals surface area contributed by atoms with Gasteiger partial charge in [-0.2, -0.15) is 0 Å². The maximum atomic E-state index is 12.0. The van der Waals surface area contributed by atoms with Gasteiger partial charge in [0.05, 0.1) is 18.6 Å². The van der Waals surface area contributed by atoms with Crippen molar-refractivity contribution in [3.05, 3.63) is 23.8 Å². The van der Waals surface area contributed by atoms with Gasteiger partial charge >= 0.3 is 11.9 Å². The normalized spacial score (nSPS) is 14.9. The standard InChI is InChI=1S/C22H33NO4S/c1-3-5-8-17(4-2)16-27-21(24)9-12-28-20-14-18(22(25)26)13-19(15-20)23-10-6-7-11-23/h13-15,17H,3-12,16H2,1-2H3,(H,25,26). The maximum absolute atomic E-state index is 12.0. The Kier molecular flexibility index (Phi) is 9.68. The predicted octanol–water partition coefficient (Wildman–Crippen LogP) is 5.23. The third kappa shape index (κ3) is 7.38. The highest BCUT2D eigenvalue weighted by Crippen LogP contribution is 2.29. The molecule has 156 valence electrons. The molecule has 1 unspecified atom stereocenters. The second kappa shape index (κ2) is 12.0. The van der Waals surface area contributed by atoms with Crippen LogP contribution in [0.1, 0.15) is 69.2 Å². The van der Waals surface area contributed by atoms with E-state index < -0.39 is 5.97 Å². The topological polar surface area (TPSA) is 66.8 Å². The summed E-state index contributed by atoms with van der Waals surface area (Å²) in [5.74, 6) is -0.0453. The fraction of sp³-hybridized carbons (Fsp3) is 0.636. The summed E-state index contributed by atoms with van der Waals surface area (Å²) in [6.45, 7) is 6.75. The van der Waals surface area contributed by atoms with Crippen molar-refractivity contribution in [2.75, 3.05) is 30.3 Å². The first kappa shape index (κ1) is 22.6. The molecule has 1 aromatic rings. The zero-order chi connectivity index (χ0) is 20.4. The van der Waals surface area contributed by atoms with E-state index >= 15 is 0 Å². The van der Waals surface area contributed by atoms with Gasteiger partial charge in [0.25, 0.3) is 0 Å². The molecule has 1 aromatic carbocycles. The lowest BCUT2D eigenvalue weighted by Crippen LogP contribution is -2.18. The number of hydrogen-bond donors (Lipinski definition) is 1. The number of carbonyl (C=O) groups excluding carboxylic acids is 1. The van der Waals surface area contributed by atoms with Gasteiger partial charge in [0.1, 0.15) is 0 Å². The Labute approximate surface area is 172 Å². The Hall–Kier alpha value is -1.69. The SMILES string of the molecule is CCCCC(CC)COC(=O)CCSc1cc(C(=O)O)cc(N2CCCC2)c1. The molecule has 1 saturated heterocycles. The monoisotopic (exact) mass is 407 g/mol. The zero-order valence-corrected chi connectivity index (χ0v) is 17.9. The molecule has 0 bridgehead atoms. The molecule has 0 aliphatic carbocycles. The van der Waals surface area contributed by atoms with Crippen LogP contribution in [-0.4, -0.2) is 42.5 Å². The molecule has 1 aliphatic rings. The van der Waals surface area contributed by atoms with Crippen LogP contribution in [0.15, 0.2) is 23.1 Å². The van der Waals surface area contributed by atoms with Gasteiger partial charge < -0.3 is 14.7 Å². The maximum Gasteiger partial charge on any atom is 0.335 e. The molecule has 2 rings (SSSR count). The second-order valence-electron chi connectivity index (χ2n) is 7.41. The summed E-state index contributed by atoms with van der Waals surface area (Å²) in [5, 5.41) is 9.40. The van der Waals surface area contributed by atoms with Crippen molar-refractivity contribution >= 4 is 29.4 Å². The van der Waals surface area contributed by atoms with Gasteiger partial charge in [0, 0.05) is 29.4 Å². The quantitative estimate of drug-likeness (QED) is 0.378. The molecule has 1 fully saturated rings. The minimum atomic E-state index is -0.917. The number of hydrogen-bond acceptors (Lipinski definition) is 5. The van der Waals surface area contributed by atoms with Crippen molar-refractivity contribution in [1.29, 1.82) is 0 Å². The Morgan fingerprint density at radius 2 is 1.96 bits per heavy atom. The third-order valence-electron chi connectivity index (χ3n) is 5.21. The molecule has 0 aromatic heterocycles. The predicted molar refractivity (Wildman–Crippen MR) is 114 cm³/mol. The molecule has 1 aliphatic heterocycles. The van der Waals surface area contributed by atoms with Gasteiger partial charge in [-0.15, -0.1) is 11.8 Å². The zero-order valence-electron chi connectivity index (χ0n) is 17.1. The average Bonchev–Trinajstić information content (AvgIpc) is 3.23. The number of ether oxygens (including phenoxy) is 1. The molecule has 1 heterocycles. The first-order chi connectivity index (χ1) is 13.5. The van der Waals surface area contributed by atoms with E-state index in [1.54, 1.807) is 12.1 Å². The van der Waals surface area contributed by atoms with E-state index in [0.717, 1.165) is 55.8 Å². The van der Waals surface area contributed by atoms with Crippen LogP contribution in [0, 0.1) is 5.92 Å². The Balaban J connectivity index is 1.84. The highest BCUT2D eigenvalue weighted by molar-refractivity contribution is 7.99. The number of anilines is 1. The summed E-state index contributed by atoms with van der Waals surface area (Å²) in [6.07, 6.45) is 7.09. The molecule has 28 heavy (non-hydrogen) atoms. The van der Waals surface area contributed by atoms with Crippen LogP contribution >= 0.6 is 11.8 Å². The highest BCUT2D eigenvalue weighted by Gasteiger charge is 2.16. The molecule has 0 radical (unpaired) electrons. The van der Waals surface area contributed by atoms with Crippen LogP contribution < -0.4 is 4.90 Å². The molecular formula is C22H33NO4S. The van der Waals surface area contributed by atoms with Crippen molar-refractivity contribution in [2.24, 2.45) is 5.92 Å². The van der Waals surface area contributed by atoms with E-state index in [9.17, 15) is 14.7 Å². The van der Waals surface area contributed by atoms with Gasteiger partial charge in [-0.3, -0.25) is 4.79 Å². The second-order valence-corrected chi connectivity index (χ2v) is 8.58. The number of carboxylic acids is 1. The van der Waals surface area contributed by atoms with Crippen molar-refractivity contribution < 1.29 is 19.4 Å². The summed E-state index contributed by atoms with van der Waals surface area (Å²) >= 11 is 1.52. The van der Waals surface area contributed by atoms with E-state index in [2.05, 4.69) is 18.7 Å². The van der Waals surface area contributed by atoms with Crippen LogP contribution in [0.25, 0.3) is 0 Å². The highest BCUT2D eigenvalue weighted by atomic mass is 32.2. The average molecular weight is 408 g/mol. The minimum absolute atomic E-state index is 0.170. The summed E-state index contributed by atoms with van der Waals surface area (Å²) < 4.78 is 5.44. The molecule has 1 N–H and O–H groups in total. The summed E-state index contributed by atoms with van der Waals surface area (Å²) in [7, 11) is 0. The smallest absolute Gasteiger partial charge is 0.335 e. The lowest BCUT2D eigenvalue weighted by molar-refractivity contribution is -0.144. The van der Waals surface area contributed by atoms with Crippen molar-refractivity contribution in [3.63, 3.8) is 0 Å². The van der Waals surface area contributed by atoms with Crippen LogP contribution in [-0.2, 0) is 9.53 Å². The number of benzene rings is 1. The van der Waals surface area contributed by atoms with Gasteiger partial charge in [0.15, 0.2) is 0 Å². The van der Waals surface area contributed by atoms with E-state index in [1.165, 1.54) is 18.2 Å². The molecule has 6 heteroatoms. The van der Waals surface area contributed by atoms with Crippen LogP contribution in [0.5, 0.6) is 0 Å². The van der Waals surface area contributed by atoms with Gasteiger partial charge in [-0.05, 0) is 43.4 Å². The van der Waals surface area contributed by atoms with Gasteiger partial charge in [0.2, 0.25) is 0 Å². The number of thioether (sulfide) groups is 1. The molecule has 0 amide bonds. The molecule has 0 spiro atoms.